The second-order valence-electron chi connectivity index (χ2n) is 6.27. The molecule has 2 heterocycles. The lowest BCUT2D eigenvalue weighted by Gasteiger charge is -2.44. The second-order valence-corrected chi connectivity index (χ2v) is 6.27. The maximum atomic E-state index is 13.0. The number of nitrogens with zero attached hydrogens (tertiary/aromatic N) is 1. The van der Waals surface area contributed by atoms with Crippen molar-refractivity contribution in [3.63, 3.8) is 0 Å². The molecular weight excluding hydrogens is 273 g/mol. The average molecular weight is 294 g/mol. The van der Waals surface area contributed by atoms with Gasteiger partial charge >= 0.3 is 6.18 Å². The molecule has 0 aromatic rings. The van der Waals surface area contributed by atoms with Crippen LogP contribution in [0.15, 0.2) is 0 Å². The molecule has 0 aromatic carbocycles. The van der Waals surface area contributed by atoms with Gasteiger partial charge in [0.05, 0.1) is 0 Å². The fraction of sp³-hybridized carbons (Fsp3) is 0.923. The molecule has 20 heavy (non-hydrogen) atoms. The van der Waals surface area contributed by atoms with Crippen molar-refractivity contribution in [3.05, 3.63) is 0 Å². The maximum Gasteiger partial charge on any atom is 0.418 e. The van der Waals surface area contributed by atoms with Crippen LogP contribution < -0.4 is 5.32 Å². The van der Waals surface area contributed by atoms with Gasteiger partial charge in [0, 0.05) is 32.6 Å². The first-order chi connectivity index (χ1) is 9.05. The van der Waals surface area contributed by atoms with E-state index in [2.05, 4.69) is 5.32 Å². The van der Waals surface area contributed by atoms with Crippen molar-refractivity contribution >= 4 is 5.91 Å². The van der Waals surface area contributed by atoms with Gasteiger partial charge in [-0.3, -0.25) is 4.79 Å². The highest BCUT2D eigenvalue weighted by Gasteiger charge is 2.61. The zero-order chi connectivity index (χ0) is 15.3. The van der Waals surface area contributed by atoms with E-state index in [4.69, 9.17) is 0 Å². The van der Waals surface area contributed by atoms with Crippen molar-refractivity contribution in [2.24, 2.45) is 17.8 Å². The van der Waals surface area contributed by atoms with E-state index >= 15 is 0 Å². The molecule has 2 saturated heterocycles. The highest BCUT2D eigenvalue weighted by atomic mass is 19.4. The molecule has 0 bridgehead atoms. The van der Waals surface area contributed by atoms with Crippen molar-refractivity contribution in [3.8, 4) is 0 Å². The molecule has 0 radical (unpaired) electrons. The van der Waals surface area contributed by atoms with Gasteiger partial charge in [0.15, 0.2) is 5.60 Å². The molecule has 0 saturated carbocycles. The molecule has 7 heteroatoms. The maximum absolute atomic E-state index is 13.0. The Balaban J connectivity index is 2.21. The van der Waals surface area contributed by atoms with E-state index in [9.17, 15) is 23.1 Å². The van der Waals surface area contributed by atoms with Crippen molar-refractivity contribution < 1.29 is 23.1 Å². The standard InChI is InChI=1S/C13H21F3N2O2/c1-7-5-18(8(2)19)6-9-4-17-11(10(7)9)12(3,20)13(14,15)16/h7,9-11,17,20H,4-6H2,1-3H3/t7-,9?,10+,11-,12+/m0/s1. The molecule has 0 aliphatic carbocycles. The summed E-state index contributed by atoms with van der Waals surface area (Å²) in [6, 6.07) is -1.02. The highest BCUT2D eigenvalue weighted by Crippen LogP contribution is 2.44. The Bertz CT molecular complexity index is 398. The molecule has 1 unspecified atom stereocenters. The van der Waals surface area contributed by atoms with Crippen LogP contribution in [0.4, 0.5) is 13.2 Å². The normalized spacial score (nSPS) is 37.5. The van der Waals surface area contributed by atoms with Gasteiger partial charge in [-0.1, -0.05) is 6.92 Å². The minimum absolute atomic E-state index is 0.0403. The number of halogens is 3. The number of carbonyl (C=O) groups excluding carboxylic acids is 1. The molecule has 2 N–H and O–H groups in total. The molecule has 2 aliphatic rings. The van der Waals surface area contributed by atoms with Crippen molar-refractivity contribution in [2.45, 2.75) is 38.6 Å². The number of fused-ring (bicyclic) bond motifs is 1. The number of aliphatic hydroxyl groups is 1. The molecular formula is C13H21F3N2O2. The molecule has 5 atom stereocenters. The molecule has 1 amide bonds. The smallest absolute Gasteiger partial charge is 0.379 e. The fourth-order valence-corrected chi connectivity index (χ4v) is 3.64. The lowest BCUT2D eigenvalue weighted by Crippen LogP contribution is -2.60. The summed E-state index contributed by atoms with van der Waals surface area (Å²) < 4.78 is 39.1. The van der Waals surface area contributed by atoms with Gasteiger partial charge in [-0.15, -0.1) is 0 Å². The third-order valence-electron chi connectivity index (χ3n) is 4.77. The van der Waals surface area contributed by atoms with Gasteiger partial charge in [0.25, 0.3) is 0 Å². The van der Waals surface area contributed by atoms with Crippen LogP contribution in [0, 0.1) is 17.8 Å². The van der Waals surface area contributed by atoms with Crippen LogP contribution in [0.5, 0.6) is 0 Å². The van der Waals surface area contributed by atoms with Gasteiger partial charge < -0.3 is 15.3 Å². The molecule has 0 aromatic heterocycles. The summed E-state index contributed by atoms with van der Waals surface area (Å²) in [6.45, 7) is 5.45. The zero-order valence-corrected chi connectivity index (χ0v) is 11.9. The molecule has 2 fully saturated rings. The number of carbonyl (C=O) groups is 1. The minimum Gasteiger partial charge on any atom is -0.379 e. The molecule has 0 spiro atoms. The minimum atomic E-state index is -4.67. The average Bonchev–Trinajstić information content (AvgIpc) is 2.71. The third-order valence-corrected chi connectivity index (χ3v) is 4.77. The Kier molecular flexibility index (Phi) is 3.79. The second kappa shape index (κ2) is 4.87. The van der Waals surface area contributed by atoms with Crippen LogP contribution >= 0.6 is 0 Å². The first-order valence-electron chi connectivity index (χ1n) is 6.83. The lowest BCUT2D eigenvalue weighted by atomic mass is 9.72. The van der Waals surface area contributed by atoms with E-state index in [0.717, 1.165) is 6.92 Å². The van der Waals surface area contributed by atoms with Crippen LogP contribution in [0.3, 0.4) is 0 Å². The van der Waals surface area contributed by atoms with E-state index in [1.165, 1.54) is 6.92 Å². The number of piperidine rings is 1. The van der Waals surface area contributed by atoms with Crippen LogP contribution in [0.1, 0.15) is 20.8 Å². The van der Waals surface area contributed by atoms with E-state index < -0.39 is 17.8 Å². The molecule has 2 rings (SSSR count). The number of rotatable bonds is 1. The molecule has 116 valence electrons. The summed E-state index contributed by atoms with van der Waals surface area (Å²) in [7, 11) is 0. The summed E-state index contributed by atoms with van der Waals surface area (Å²) in [6.07, 6.45) is -4.67. The number of nitrogens with one attached hydrogen (secondary N) is 1. The molecule has 4 nitrogen and oxygen atoms in total. The Hall–Kier alpha value is -0.820. The van der Waals surface area contributed by atoms with E-state index in [1.54, 1.807) is 4.90 Å². The Labute approximate surface area is 116 Å². The first kappa shape index (κ1) is 15.6. The number of alkyl halides is 3. The predicted octanol–water partition coefficient (Wildman–Crippen LogP) is 1.00. The van der Waals surface area contributed by atoms with Gasteiger partial charge in [0.2, 0.25) is 5.91 Å². The van der Waals surface area contributed by atoms with Crippen LogP contribution in [0.25, 0.3) is 0 Å². The number of likely N-dealkylation sites (tertiary alicyclic amines) is 1. The van der Waals surface area contributed by atoms with Gasteiger partial charge in [0.1, 0.15) is 0 Å². The number of amides is 1. The Morgan fingerprint density at radius 2 is 1.95 bits per heavy atom. The van der Waals surface area contributed by atoms with Crippen LogP contribution in [-0.4, -0.2) is 53.4 Å². The van der Waals surface area contributed by atoms with Gasteiger partial charge in [-0.25, -0.2) is 0 Å². The van der Waals surface area contributed by atoms with Crippen molar-refractivity contribution in [2.75, 3.05) is 19.6 Å². The fourth-order valence-electron chi connectivity index (χ4n) is 3.64. The SMILES string of the molecule is CC(=O)N1CC2CN[C@H]([C@@](C)(O)C(F)(F)F)[C@@H]2[C@@H](C)C1. The number of hydrogen-bond acceptors (Lipinski definition) is 3. The van der Waals surface area contributed by atoms with Gasteiger partial charge in [-0.2, -0.15) is 13.2 Å². The van der Waals surface area contributed by atoms with E-state index in [1.807, 2.05) is 6.92 Å². The lowest BCUT2D eigenvalue weighted by molar-refractivity contribution is -0.267. The van der Waals surface area contributed by atoms with Crippen LogP contribution in [0.2, 0.25) is 0 Å². The Morgan fingerprint density at radius 1 is 1.35 bits per heavy atom. The summed E-state index contributed by atoms with van der Waals surface area (Å²) in [4.78, 5) is 13.1. The largest absolute Gasteiger partial charge is 0.418 e. The van der Waals surface area contributed by atoms with Gasteiger partial charge in [-0.05, 0) is 24.7 Å². The zero-order valence-electron chi connectivity index (χ0n) is 11.9. The quantitative estimate of drug-likeness (QED) is 0.759. The topological polar surface area (TPSA) is 52.6 Å². The van der Waals surface area contributed by atoms with Crippen molar-refractivity contribution in [1.29, 1.82) is 0 Å². The summed E-state index contributed by atoms with van der Waals surface area (Å²) in [5.41, 5.74) is -2.75. The summed E-state index contributed by atoms with van der Waals surface area (Å²) in [5, 5.41) is 12.7. The Morgan fingerprint density at radius 3 is 2.45 bits per heavy atom. The van der Waals surface area contributed by atoms with Crippen LogP contribution in [-0.2, 0) is 4.79 Å². The predicted molar refractivity (Wildman–Crippen MR) is 66.9 cm³/mol. The summed E-state index contributed by atoms with van der Waals surface area (Å²) >= 11 is 0. The monoisotopic (exact) mass is 294 g/mol. The van der Waals surface area contributed by atoms with E-state index in [0.29, 0.717) is 19.6 Å². The molecule has 2 aliphatic heterocycles. The van der Waals surface area contributed by atoms with Crippen molar-refractivity contribution in [1.82, 2.24) is 10.2 Å². The number of hydrogen-bond donors (Lipinski definition) is 2. The summed E-state index contributed by atoms with van der Waals surface area (Å²) in [5.74, 6) is -0.448. The first-order valence-corrected chi connectivity index (χ1v) is 6.83. The van der Waals surface area contributed by atoms with E-state index in [-0.39, 0.29) is 23.7 Å². The highest BCUT2D eigenvalue weighted by molar-refractivity contribution is 5.73. The third kappa shape index (κ3) is 2.41.